The Bertz CT molecular complexity index is 411. The molecule has 0 aliphatic heterocycles. The van der Waals surface area contributed by atoms with Gasteiger partial charge in [-0.2, -0.15) is 0 Å². The van der Waals surface area contributed by atoms with Crippen LogP contribution in [0, 0.1) is 5.92 Å². The first-order valence-corrected chi connectivity index (χ1v) is 5.31. The number of nitrogens with zero attached hydrogens (tertiary/aromatic N) is 2. The van der Waals surface area contributed by atoms with Gasteiger partial charge in [0.1, 0.15) is 5.78 Å². The second-order valence-corrected chi connectivity index (χ2v) is 3.94. The number of aromatic nitrogens is 2. The summed E-state index contributed by atoms with van der Waals surface area (Å²) < 4.78 is 1.56. The van der Waals surface area contributed by atoms with E-state index >= 15 is 0 Å². The third kappa shape index (κ3) is 2.32. The summed E-state index contributed by atoms with van der Waals surface area (Å²) in [7, 11) is 0. The first-order chi connectivity index (χ1) is 7.27. The van der Waals surface area contributed by atoms with Crippen molar-refractivity contribution in [2.45, 2.75) is 32.2 Å². The Kier molecular flexibility index (Phi) is 2.94. The number of hydrogen-bond donors (Lipinski definition) is 0. The Balaban J connectivity index is 1.96. The van der Waals surface area contributed by atoms with Crippen LogP contribution in [0.15, 0.2) is 23.3 Å². The van der Waals surface area contributed by atoms with Crippen molar-refractivity contribution in [1.29, 1.82) is 0 Å². The predicted octanol–water partition coefficient (Wildman–Crippen LogP) is 1.00. The third-order valence-corrected chi connectivity index (χ3v) is 2.93. The van der Waals surface area contributed by atoms with E-state index in [9.17, 15) is 9.59 Å². The molecule has 1 fully saturated rings. The van der Waals surface area contributed by atoms with E-state index in [1.165, 1.54) is 6.20 Å². The predicted molar refractivity (Wildman–Crippen MR) is 55.5 cm³/mol. The van der Waals surface area contributed by atoms with Crippen LogP contribution in [-0.4, -0.2) is 15.3 Å². The maximum atomic E-state index is 11.4. The van der Waals surface area contributed by atoms with Gasteiger partial charge in [-0.25, -0.2) is 9.78 Å². The first kappa shape index (κ1) is 10.1. The Labute approximate surface area is 88.0 Å². The van der Waals surface area contributed by atoms with Crippen molar-refractivity contribution in [2.24, 2.45) is 5.92 Å². The lowest BCUT2D eigenvalue weighted by atomic mass is 10.0. The molecule has 1 heterocycles. The molecule has 1 atom stereocenters. The summed E-state index contributed by atoms with van der Waals surface area (Å²) in [5.41, 5.74) is -0.233. The van der Waals surface area contributed by atoms with Gasteiger partial charge < -0.3 is 0 Å². The molecule has 1 unspecified atom stereocenters. The zero-order valence-electron chi connectivity index (χ0n) is 8.56. The average molecular weight is 206 g/mol. The molecule has 1 saturated carbocycles. The molecule has 1 aromatic heterocycles. The Morgan fingerprint density at radius 3 is 3.00 bits per heavy atom. The summed E-state index contributed by atoms with van der Waals surface area (Å²) in [4.78, 5) is 26.3. The molecule has 1 aromatic rings. The summed E-state index contributed by atoms with van der Waals surface area (Å²) in [6.45, 7) is 0.600. The smallest absolute Gasteiger partial charge is 0.299 e. The minimum atomic E-state index is -0.233. The van der Waals surface area contributed by atoms with E-state index in [-0.39, 0.29) is 11.6 Å². The van der Waals surface area contributed by atoms with E-state index in [1.807, 2.05) is 0 Å². The van der Waals surface area contributed by atoms with Crippen molar-refractivity contribution in [3.8, 4) is 0 Å². The van der Waals surface area contributed by atoms with E-state index in [1.54, 1.807) is 16.8 Å². The highest BCUT2D eigenvalue weighted by atomic mass is 16.1. The fraction of sp³-hybridized carbons (Fsp3) is 0.545. The van der Waals surface area contributed by atoms with Crippen molar-refractivity contribution in [2.75, 3.05) is 0 Å². The summed E-state index contributed by atoms with van der Waals surface area (Å²) in [6, 6.07) is 1.73. The highest BCUT2D eigenvalue weighted by Gasteiger charge is 2.23. The van der Waals surface area contributed by atoms with Gasteiger partial charge in [-0.05, 0) is 25.3 Å². The fourth-order valence-electron chi connectivity index (χ4n) is 2.05. The molecule has 0 aromatic carbocycles. The molecule has 4 heteroatoms. The van der Waals surface area contributed by atoms with Crippen LogP contribution in [0.5, 0.6) is 0 Å². The number of carbonyl (C=O) groups is 1. The van der Waals surface area contributed by atoms with Crippen molar-refractivity contribution in [3.63, 3.8) is 0 Å². The number of hydrogen-bond acceptors (Lipinski definition) is 3. The van der Waals surface area contributed by atoms with Gasteiger partial charge in [0.25, 0.3) is 0 Å². The van der Waals surface area contributed by atoms with Gasteiger partial charge in [0, 0.05) is 31.3 Å². The number of Topliss-reactive ketones (excluding diaryl/α,β-unsaturated/α-hetero) is 1. The summed E-state index contributed by atoms with van der Waals surface area (Å²) >= 11 is 0. The van der Waals surface area contributed by atoms with E-state index in [0.717, 1.165) is 19.3 Å². The minimum Gasteiger partial charge on any atom is -0.299 e. The molecule has 80 valence electrons. The monoisotopic (exact) mass is 206 g/mol. The molecule has 0 saturated heterocycles. The van der Waals surface area contributed by atoms with Gasteiger partial charge in [-0.15, -0.1) is 0 Å². The standard InChI is InChI=1S/C11H14N2O2/c14-10-4-1-3-9(10)5-8-13-7-2-6-12-11(13)15/h2,6-7,9H,1,3-5,8H2. The molecule has 0 amide bonds. The summed E-state index contributed by atoms with van der Waals surface area (Å²) in [6.07, 6.45) is 6.67. The van der Waals surface area contributed by atoms with E-state index in [4.69, 9.17) is 0 Å². The Hall–Kier alpha value is -1.45. The van der Waals surface area contributed by atoms with Crippen LogP contribution >= 0.6 is 0 Å². The van der Waals surface area contributed by atoms with Crippen LogP contribution in [0.1, 0.15) is 25.7 Å². The molecule has 0 bridgehead atoms. The van der Waals surface area contributed by atoms with Crippen molar-refractivity contribution in [3.05, 3.63) is 28.9 Å². The van der Waals surface area contributed by atoms with Crippen molar-refractivity contribution < 1.29 is 4.79 Å². The third-order valence-electron chi connectivity index (χ3n) is 2.93. The Morgan fingerprint density at radius 1 is 1.47 bits per heavy atom. The molecule has 0 radical (unpaired) electrons. The highest BCUT2D eigenvalue weighted by Crippen LogP contribution is 2.24. The molecule has 4 nitrogen and oxygen atoms in total. The fourth-order valence-corrected chi connectivity index (χ4v) is 2.05. The molecule has 0 spiro atoms. The van der Waals surface area contributed by atoms with Gasteiger partial charge >= 0.3 is 5.69 Å². The van der Waals surface area contributed by atoms with Gasteiger partial charge in [0.15, 0.2) is 0 Å². The zero-order chi connectivity index (χ0) is 10.7. The number of ketones is 1. The SMILES string of the molecule is O=C1CCCC1CCn1cccnc1=O. The van der Waals surface area contributed by atoms with Gasteiger partial charge in [0.2, 0.25) is 0 Å². The lowest BCUT2D eigenvalue weighted by molar-refractivity contribution is -0.120. The van der Waals surface area contributed by atoms with Gasteiger partial charge in [0.05, 0.1) is 0 Å². The van der Waals surface area contributed by atoms with Crippen LogP contribution < -0.4 is 5.69 Å². The van der Waals surface area contributed by atoms with Crippen LogP contribution in [0.3, 0.4) is 0 Å². The van der Waals surface area contributed by atoms with Crippen LogP contribution in [0.25, 0.3) is 0 Å². The average Bonchev–Trinajstić information content (AvgIpc) is 2.63. The number of carbonyl (C=O) groups excluding carboxylic acids is 1. The van der Waals surface area contributed by atoms with Crippen molar-refractivity contribution >= 4 is 5.78 Å². The van der Waals surface area contributed by atoms with E-state index < -0.39 is 0 Å². The normalized spacial score (nSPS) is 20.8. The molecule has 1 aliphatic rings. The Morgan fingerprint density at radius 2 is 2.33 bits per heavy atom. The zero-order valence-corrected chi connectivity index (χ0v) is 8.56. The van der Waals surface area contributed by atoms with Crippen LogP contribution in [0.2, 0.25) is 0 Å². The molecular weight excluding hydrogens is 192 g/mol. The van der Waals surface area contributed by atoms with Crippen molar-refractivity contribution in [1.82, 2.24) is 9.55 Å². The van der Waals surface area contributed by atoms with E-state index in [0.29, 0.717) is 18.7 Å². The van der Waals surface area contributed by atoms with Crippen LogP contribution in [0.4, 0.5) is 0 Å². The topological polar surface area (TPSA) is 52.0 Å². The largest absolute Gasteiger partial charge is 0.347 e. The highest BCUT2D eigenvalue weighted by molar-refractivity contribution is 5.82. The minimum absolute atomic E-state index is 0.164. The lowest BCUT2D eigenvalue weighted by Crippen LogP contribution is -2.23. The molecule has 15 heavy (non-hydrogen) atoms. The first-order valence-electron chi connectivity index (χ1n) is 5.31. The van der Waals surface area contributed by atoms with Gasteiger partial charge in [-0.3, -0.25) is 9.36 Å². The molecule has 1 aliphatic carbocycles. The maximum absolute atomic E-state index is 11.4. The molecule has 0 N–H and O–H groups in total. The van der Waals surface area contributed by atoms with E-state index in [2.05, 4.69) is 4.98 Å². The number of aryl methyl sites for hydroxylation is 1. The molecular formula is C11H14N2O2. The summed E-state index contributed by atoms with van der Waals surface area (Å²) in [5, 5.41) is 0. The van der Waals surface area contributed by atoms with Gasteiger partial charge in [-0.1, -0.05) is 0 Å². The summed E-state index contributed by atoms with van der Waals surface area (Å²) in [5.74, 6) is 0.518. The van der Waals surface area contributed by atoms with Crippen LogP contribution in [-0.2, 0) is 11.3 Å². The maximum Gasteiger partial charge on any atom is 0.347 e. The quantitative estimate of drug-likeness (QED) is 0.741. The molecule has 2 rings (SSSR count). The number of rotatable bonds is 3. The lowest BCUT2D eigenvalue weighted by Gasteiger charge is -2.08. The second kappa shape index (κ2) is 4.38. The second-order valence-electron chi connectivity index (χ2n) is 3.94.